The minimum absolute atomic E-state index is 0.561. The van der Waals surface area contributed by atoms with Crippen molar-refractivity contribution in [3.63, 3.8) is 0 Å². The van der Waals surface area contributed by atoms with Gasteiger partial charge in [0.05, 0.1) is 0 Å². The van der Waals surface area contributed by atoms with Crippen LogP contribution in [0.3, 0.4) is 0 Å². The summed E-state index contributed by atoms with van der Waals surface area (Å²) in [5, 5.41) is 3.52. The first kappa shape index (κ1) is 7.30. The fraction of sp³-hybridized carbons (Fsp3) is 0.143. The number of hydrogen-bond donors (Lipinski definition) is 2. The molecular formula is C7H8N4S. The van der Waals surface area contributed by atoms with Crippen molar-refractivity contribution < 1.29 is 0 Å². The predicted octanol–water partition coefficient (Wildman–Crippen LogP) is 1.32. The lowest BCUT2D eigenvalue weighted by Crippen LogP contribution is -1.90. The molecule has 2 heterocycles. The molecule has 0 aliphatic rings. The van der Waals surface area contributed by atoms with Crippen LogP contribution in [0.2, 0.25) is 0 Å². The molecular weight excluding hydrogens is 172 g/mol. The summed E-state index contributed by atoms with van der Waals surface area (Å²) in [6, 6.07) is 3.78. The fourth-order valence-electron chi connectivity index (χ4n) is 0.973. The molecule has 2 aromatic heterocycles. The van der Waals surface area contributed by atoms with E-state index in [9.17, 15) is 0 Å². The lowest BCUT2D eigenvalue weighted by molar-refractivity contribution is 1.35. The molecule has 0 spiro atoms. The van der Waals surface area contributed by atoms with Crippen LogP contribution in [0.15, 0.2) is 12.1 Å². The van der Waals surface area contributed by atoms with Crippen LogP contribution in [0, 0.1) is 0 Å². The molecule has 4 nitrogen and oxygen atoms in total. The van der Waals surface area contributed by atoms with Crippen molar-refractivity contribution in [2.75, 3.05) is 18.1 Å². The molecule has 0 amide bonds. The average Bonchev–Trinajstić information content (AvgIpc) is 2.43. The first-order chi connectivity index (χ1) is 5.79. The van der Waals surface area contributed by atoms with E-state index in [-0.39, 0.29) is 0 Å². The molecule has 0 fully saturated rings. The Balaban J connectivity index is 2.66. The second-order valence-corrected chi connectivity index (χ2v) is 3.33. The van der Waals surface area contributed by atoms with Gasteiger partial charge >= 0.3 is 0 Å². The highest BCUT2D eigenvalue weighted by Crippen LogP contribution is 2.22. The molecule has 62 valence electrons. The van der Waals surface area contributed by atoms with Gasteiger partial charge in [0.15, 0.2) is 5.13 Å². The number of nitrogens with two attached hydrogens (primary N) is 1. The maximum atomic E-state index is 5.53. The van der Waals surface area contributed by atoms with Gasteiger partial charge in [-0.2, -0.15) is 0 Å². The van der Waals surface area contributed by atoms with E-state index in [1.165, 1.54) is 11.3 Å². The summed E-state index contributed by atoms with van der Waals surface area (Å²) < 4.78 is 0. The molecule has 0 radical (unpaired) electrons. The second kappa shape index (κ2) is 2.60. The van der Waals surface area contributed by atoms with Crippen LogP contribution in [0.1, 0.15) is 0 Å². The number of aromatic nitrogens is 2. The zero-order valence-corrected chi connectivity index (χ0v) is 7.35. The molecule has 2 rings (SSSR count). The Bertz CT molecular complexity index is 409. The molecule has 2 aromatic rings. The van der Waals surface area contributed by atoms with Gasteiger partial charge in [-0.3, -0.25) is 0 Å². The van der Waals surface area contributed by atoms with Crippen molar-refractivity contribution in [2.45, 2.75) is 0 Å². The highest BCUT2D eigenvalue weighted by molar-refractivity contribution is 7.21. The van der Waals surface area contributed by atoms with Gasteiger partial charge in [0.1, 0.15) is 16.2 Å². The minimum Gasteiger partial charge on any atom is -0.375 e. The normalized spacial score (nSPS) is 10.4. The van der Waals surface area contributed by atoms with Gasteiger partial charge in [0.2, 0.25) is 0 Å². The molecule has 0 aliphatic carbocycles. The number of fused-ring (bicyclic) bond motifs is 1. The highest BCUT2D eigenvalue weighted by atomic mass is 32.1. The summed E-state index contributed by atoms with van der Waals surface area (Å²) in [6.07, 6.45) is 0. The Kier molecular flexibility index (Phi) is 1.58. The zero-order valence-electron chi connectivity index (χ0n) is 6.53. The maximum Gasteiger partial charge on any atom is 0.182 e. The molecule has 0 unspecified atom stereocenters. The molecule has 0 atom stereocenters. The van der Waals surface area contributed by atoms with Crippen molar-refractivity contribution >= 4 is 32.6 Å². The summed E-state index contributed by atoms with van der Waals surface area (Å²) in [4.78, 5) is 9.25. The largest absolute Gasteiger partial charge is 0.375 e. The maximum absolute atomic E-state index is 5.53. The SMILES string of the molecule is CNc1ccc2nc(N)sc2n1. The molecule has 0 saturated heterocycles. The van der Waals surface area contributed by atoms with Gasteiger partial charge in [0.25, 0.3) is 0 Å². The smallest absolute Gasteiger partial charge is 0.182 e. The number of thiazole rings is 1. The van der Waals surface area contributed by atoms with Gasteiger partial charge in [-0.15, -0.1) is 0 Å². The second-order valence-electron chi connectivity index (χ2n) is 2.32. The van der Waals surface area contributed by atoms with E-state index in [1.807, 2.05) is 19.2 Å². The number of nitrogens with one attached hydrogen (secondary N) is 1. The average molecular weight is 180 g/mol. The Morgan fingerprint density at radius 3 is 3.00 bits per heavy atom. The number of anilines is 2. The molecule has 5 heteroatoms. The first-order valence-electron chi connectivity index (χ1n) is 3.50. The standard InChI is InChI=1S/C7H8N4S/c1-9-5-3-2-4-6(11-5)12-7(8)10-4/h2-3H,1H3,(H2,8,10)(H,9,11). The molecule has 0 saturated carbocycles. The third-order valence-electron chi connectivity index (χ3n) is 1.53. The van der Waals surface area contributed by atoms with E-state index in [1.54, 1.807) is 0 Å². The zero-order chi connectivity index (χ0) is 8.55. The quantitative estimate of drug-likeness (QED) is 0.694. The lowest BCUT2D eigenvalue weighted by Gasteiger charge is -1.95. The molecule has 0 bridgehead atoms. The van der Waals surface area contributed by atoms with Crippen molar-refractivity contribution in [2.24, 2.45) is 0 Å². The van der Waals surface area contributed by atoms with E-state index in [0.717, 1.165) is 16.2 Å². The minimum atomic E-state index is 0.561. The number of nitrogens with zero attached hydrogens (tertiary/aromatic N) is 2. The van der Waals surface area contributed by atoms with Crippen LogP contribution in [0.25, 0.3) is 10.3 Å². The highest BCUT2D eigenvalue weighted by Gasteiger charge is 2.01. The molecule has 0 aromatic carbocycles. The summed E-state index contributed by atoms with van der Waals surface area (Å²) in [5.74, 6) is 0.839. The number of pyridine rings is 1. The third-order valence-corrected chi connectivity index (χ3v) is 2.32. The summed E-state index contributed by atoms with van der Waals surface area (Å²) >= 11 is 1.40. The Morgan fingerprint density at radius 2 is 2.25 bits per heavy atom. The van der Waals surface area contributed by atoms with Crippen LogP contribution >= 0.6 is 11.3 Å². The van der Waals surface area contributed by atoms with Crippen LogP contribution < -0.4 is 11.1 Å². The lowest BCUT2D eigenvalue weighted by atomic mass is 10.4. The van der Waals surface area contributed by atoms with E-state index < -0.39 is 0 Å². The van der Waals surface area contributed by atoms with Gasteiger partial charge in [-0.05, 0) is 12.1 Å². The summed E-state index contributed by atoms with van der Waals surface area (Å²) in [6.45, 7) is 0. The van der Waals surface area contributed by atoms with Gasteiger partial charge in [0, 0.05) is 7.05 Å². The molecule has 0 aliphatic heterocycles. The van der Waals surface area contributed by atoms with Crippen LogP contribution in [0.4, 0.5) is 10.9 Å². The molecule has 12 heavy (non-hydrogen) atoms. The van der Waals surface area contributed by atoms with Crippen molar-refractivity contribution in [1.82, 2.24) is 9.97 Å². The van der Waals surface area contributed by atoms with Crippen LogP contribution in [0.5, 0.6) is 0 Å². The topological polar surface area (TPSA) is 63.8 Å². The van der Waals surface area contributed by atoms with Crippen molar-refractivity contribution in [1.29, 1.82) is 0 Å². The molecule has 3 N–H and O–H groups in total. The Morgan fingerprint density at radius 1 is 1.42 bits per heavy atom. The fourth-order valence-corrected chi connectivity index (χ4v) is 1.68. The van der Waals surface area contributed by atoms with Crippen molar-refractivity contribution in [3.8, 4) is 0 Å². The summed E-state index contributed by atoms with van der Waals surface area (Å²) in [5.41, 5.74) is 6.39. The Hall–Kier alpha value is -1.36. The van der Waals surface area contributed by atoms with Crippen LogP contribution in [-0.2, 0) is 0 Å². The number of rotatable bonds is 1. The van der Waals surface area contributed by atoms with Gasteiger partial charge in [-0.25, -0.2) is 9.97 Å². The Labute approximate surface area is 73.4 Å². The third kappa shape index (κ3) is 1.08. The monoisotopic (exact) mass is 180 g/mol. The van der Waals surface area contributed by atoms with E-state index >= 15 is 0 Å². The predicted molar refractivity (Wildman–Crippen MR) is 51.4 cm³/mol. The van der Waals surface area contributed by atoms with Crippen molar-refractivity contribution in [3.05, 3.63) is 12.1 Å². The van der Waals surface area contributed by atoms with Gasteiger partial charge < -0.3 is 11.1 Å². The van der Waals surface area contributed by atoms with E-state index in [2.05, 4.69) is 15.3 Å². The van der Waals surface area contributed by atoms with E-state index in [4.69, 9.17) is 5.73 Å². The van der Waals surface area contributed by atoms with Gasteiger partial charge in [-0.1, -0.05) is 11.3 Å². The van der Waals surface area contributed by atoms with Crippen LogP contribution in [-0.4, -0.2) is 17.0 Å². The van der Waals surface area contributed by atoms with E-state index in [0.29, 0.717) is 5.13 Å². The first-order valence-corrected chi connectivity index (χ1v) is 4.32. The summed E-state index contributed by atoms with van der Waals surface area (Å²) in [7, 11) is 1.83. The number of hydrogen-bond acceptors (Lipinski definition) is 5. The number of nitrogen functional groups attached to an aromatic ring is 1.